The zero-order valence-electron chi connectivity index (χ0n) is 20.9. The Hall–Kier alpha value is -3.17. The number of rotatable bonds is 6. The van der Waals surface area contributed by atoms with Gasteiger partial charge in [-0.1, -0.05) is 39.8 Å². The first-order valence-corrected chi connectivity index (χ1v) is 12.1. The molecule has 0 heterocycles. The number of ketones is 2. The van der Waals surface area contributed by atoms with Crippen molar-refractivity contribution < 1.29 is 39.5 Å². The zero-order chi connectivity index (χ0) is 26.8. The number of amides is 1. The maximum absolute atomic E-state index is 13.9. The minimum atomic E-state index is -2.65. The summed E-state index contributed by atoms with van der Waals surface area (Å²) >= 11 is 0. The van der Waals surface area contributed by atoms with Crippen molar-refractivity contribution >= 4 is 17.5 Å². The summed E-state index contributed by atoms with van der Waals surface area (Å²) in [6.45, 7) is 7.02. The third-order valence-electron chi connectivity index (χ3n) is 8.18. The summed E-state index contributed by atoms with van der Waals surface area (Å²) in [5, 5.41) is 43.7. The van der Waals surface area contributed by atoms with Gasteiger partial charge in [0.1, 0.15) is 22.8 Å². The number of aliphatic hydroxyl groups is 4. The van der Waals surface area contributed by atoms with Crippen LogP contribution in [0.1, 0.15) is 56.5 Å². The van der Waals surface area contributed by atoms with Crippen LogP contribution in [0.15, 0.2) is 40.9 Å². The van der Waals surface area contributed by atoms with Gasteiger partial charge in [-0.15, -0.1) is 0 Å². The number of hydrogen-bond donors (Lipinski definition) is 5. The van der Waals surface area contributed by atoms with E-state index in [2.05, 4.69) is 0 Å². The van der Waals surface area contributed by atoms with E-state index in [4.69, 9.17) is 15.6 Å². The van der Waals surface area contributed by atoms with Crippen molar-refractivity contribution in [2.45, 2.75) is 52.6 Å². The third kappa shape index (κ3) is 3.25. The monoisotopic (exact) mass is 499 g/mol. The first-order valence-electron chi connectivity index (χ1n) is 12.1. The molecule has 0 spiro atoms. The molecule has 1 aromatic rings. The van der Waals surface area contributed by atoms with Crippen LogP contribution in [-0.4, -0.2) is 56.7 Å². The summed E-state index contributed by atoms with van der Waals surface area (Å²) in [5.74, 6) is -5.31. The number of nitrogens with two attached hydrogens (primary N) is 1. The highest BCUT2D eigenvalue weighted by Gasteiger charge is 2.71. The molecule has 36 heavy (non-hydrogen) atoms. The van der Waals surface area contributed by atoms with Crippen LogP contribution in [0.3, 0.4) is 0 Å². The molecule has 3 aliphatic rings. The lowest BCUT2D eigenvalue weighted by Crippen LogP contribution is -2.67. The first-order chi connectivity index (χ1) is 16.8. The first kappa shape index (κ1) is 25.9. The van der Waals surface area contributed by atoms with Crippen molar-refractivity contribution in [2.24, 2.45) is 28.4 Å². The molecule has 6 N–H and O–H groups in total. The van der Waals surface area contributed by atoms with Crippen molar-refractivity contribution in [3.63, 3.8) is 0 Å². The van der Waals surface area contributed by atoms with Gasteiger partial charge in [0.05, 0.1) is 12.2 Å². The number of carbonyl (C=O) groups excluding carboxylic acids is 3. The average molecular weight is 500 g/mol. The molecule has 0 aromatic heterocycles. The summed E-state index contributed by atoms with van der Waals surface area (Å²) in [5.41, 5.74) is 0.367. The smallest absolute Gasteiger partial charge is 0.255 e. The number of fused-ring (bicyclic) bond motifs is 3. The number of primary amides is 1. The summed E-state index contributed by atoms with van der Waals surface area (Å²) in [7, 11) is 0. The highest BCUT2D eigenvalue weighted by atomic mass is 16.5. The molecule has 4 rings (SSSR count). The van der Waals surface area contributed by atoms with Crippen molar-refractivity contribution in [3.8, 4) is 5.75 Å². The second-order valence-corrected chi connectivity index (χ2v) is 11.0. The quantitative estimate of drug-likeness (QED) is 0.293. The molecule has 4 unspecified atom stereocenters. The van der Waals surface area contributed by atoms with E-state index >= 15 is 0 Å². The van der Waals surface area contributed by atoms with E-state index in [9.17, 15) is 29.7 Å². The second-order valence-electron chi connectivity index (χ2n) is 11.0. The molecular formula is C27H33NO8. The highest BCUT2D eigenvalue weighted by Crippen LogP contribution is 2.64. The Kier molecular flexibility index (Phi) is 6.08. The van der Waals surface area contributed by atoms with Gasteiger partial charge in [-0.3, -0.25) is 14.4 Å². The average Bonchev–Trinajstić information content (AvgIpc) is 2.76. The van der Waals surface area contributed by atoms with Crippen LogP contribution in [0.2, 0.25) is 0 Å². The van der Waals surface area contributed by atoms with Crippen LogP contribution in [0.4, 0.5) is 0 Å². The molecule has 194 valence electrons. The molecule has 1 amide bonds. The van der Waals surface area contributed by atoms with Gasteiger partial charge in [0, 0.05) is 35.3 Å². The van der Waals surface area contributed by atoms with Gasteiger partial charge in [-0.2, -0.15) is 0 Å². The number of benzene rings is 1. The van der Waals surface area contributed by atoms with Gasteiger partial charge in [0.2, 0.25) is 5.78 Å². The second kappa shape index (κ2) is 8.45. The predicted molar refractivity (Wildman–Crippen MR) is 129 cm³/mol. The Labute approximate surface area is 209 Å². The number of allylic oxidation sites excluding steroid dienone is 2. The number of hydrogen-bond acceptors (Lipinski definition) is 8. The van der Waals surface area contributed by atoms with Crippen molar-refractivity contribution in [1.82, 2.24) is 0 Å². The Bertz CT molecular complexity index is 1230. The van der Waals surface area contributed by atoms with Gasteiger partial charge in [-0.05, 0) is 30.4 Å². The van der Waals surface area contributed by atoms with E-state index in [-0.39, 0.29) is 42.4 Å². The molecule has 4 atom stereocenters. The number of ether oxygens (including phenoxy) is 1. The highest BCUT2D eigenvalue weighted by molar-refractivity contribution is 6.25. The standard InChI is InChI=1S/C27H33NO8/c1-13(2)18-21(31)17(24(28)34)22(32)27(35)23(33)19-20(30)16-14(11-25(19,3)12-26(18,27)4)7-5-8-15(16)36-10-6-9-29/h5,7-8,13,18,29,31,33,35H,6,9-12H2,1-4H3,(H2,28,34). The fraction of sp³-hybridized carbons (Fsp3) is 0.519. The lowest BCUT2D eigenvalue weighted by atomic mass is 9.44. The van der Waals surface area contributed by atoms with Crippen molar-refractivity contribution in [3.05, 3.63) is 52.0 Å². The minimum absolute atomic E-state index is 0.0708. The Morgan fingerprint density at radius 3 is 2.47 bits per heavy atom. The zero-order valence-corrected chi connectivity index (χ0v) is 20.9. The Morgan fingerprint density at radius 2 is 1.89 bits per heavy atom. The molecule has 0 fully saturated rings. The van der Waals surface area contributed by atoms with Gasteiger partial charge in [-0.25, -0.2) is 0 Å². The van der Waals surface area contributed by atoms with Gasteiger partial charge >= 0.3 is 0 Å². The molecular weight excluding hydrogens is 466 g/mol. The lowest BCUT2D eigenvalue weighted by Gasteiger charge is -2.59. The molecule has 1 aromatic carbocycles. The van der Waals surface area contributed by atoms with Crippen LogP contribution in [0, 0.1) is 22.7 Å². The van der Waals surface area contributed by atoms with E-state index in [1.165, 1.54) is 0 Å². The third-order valence-corrected chi connectivity index (χ3v) is 8.18. The predicted octanol–water partition coefficient (Wildman–Crippen LogP) is 2.30. The fourth-order valence-electron chi connectivity index (χ4n) is 6.94. The maximum Gasteiger partial charge on any atom is 0.255 e. The number of carbonyl (C=O) groups is 3. The molecule has 0 radical (unpaired) electrons. The Balaban J connectivity index is 1.98. The Morgan fingerprint density at radius 1 is 1.22 bits per heavy atom. The van der Waals surface area contributed by atoms with Crippen LogP contribution in [0.25, 0.3) is 0 Å². The number of Topliss-reactive ketones (excluding diaryl/α,β-unsaturated/α-hetero) is 2. The SMILES string of the molecule is CC(C)C1C(O)=C(C(N)=O)C(=O)C2(O)C(O)=C3C(=O)c4c(cccc4OCCCO)CC3(C)CC12C. The van der Waals surface area contributed by atoms with E-state index < -0.39 is 56.9 Å². The van der Waals surface area contributed by atoms with Crippen LogP contribution in [0.5, 0.6) is 5.75 Å². The maximum atomic E-state index is 13.9. The molecule has 9 nitrogen and oxygen atoms in total. The van der Waals surface area contributed by atoms with Crippen LogP contribution in [-0.2, 0) is 16.0 Å². The van der Waals surface area contributed by atoms with Crippen molar-refractivity contribution in [1.29, 1.82) is 0 Å². The van der Waals surface area contributed by atoms with Gasteiger partial charge < -0.3 is 30.9 Å². The van der Waals surface area contributed by atoms with Crippen LogP contribution >= 0.6 is 0 Å². The molecule has 0 saturated heterocycles. The minimum Gasteiger partial charge on any atom is -0.511 e. The van der Waals surface area contributed by atoms with Crippen molar-refractivity contribution in [2.75, 3.05) is 13.2 Å². The molecule has 0 bridgehead atoms. The summed E-state index contributed by atoms with van der Waals surface area (Å²) in [6, 6.07) is 5.17. The molecule has 0 saturated carbocycles. The largest absolute Gasteiger partial charge is 0.511 e. The van der Waals surface area contributed by atoms with E-state index in [1.54, 1.807) is 45.9 Å². The molecule has 9 heteroatoms. The number of aliphatic hydroxyl groups excluding tert-OH is 3. The molecule has 3 aliphatic carbocycles. The fourth-order valence-corrected chi connectivity index (χ4v) is 6.94. The molecule has 0 aliphatic heterocycles. The normalized spacial score (nSPS) is 31.8. The summed E-state index contributed by atoms with van der Waals surface area (Å²) < 4.78 is 5.73. The lowest BCUT2D eigenvalue weighted by molar-refractivity contribution is -0.171. The van der Waals surface area contributed by atoms with E-state index in [0.717, 1.165) is 0 Å². The summed E-state index contributed by atoms with van der Waals surface area (Å²) in [4.78, 5) is 39.7. The topological polar surface area (TPSA) is 167 Å². The van der Waals surface area contributed by atoms with E-state index in [0.29, 0.717) is 18.4 Å². The van der Waals surface area contributed by atoms with E-state index in [1.807, 2.05) is 0 Å². The van der Waals surface area contributed by atoms with Gasteiger partial charge in [0.15, 0.2) is 11.4 Å². The summed E-state index contributed by atoms with van der Waals surface area (Å²) in [6.07, 6.45) is 0.738. The van der Waals surface area contributed by atoms with Crippen LogP contribution < -0.4 is 10.5 Å². The van der Waals surface area contributed by atoms with Gasteiger partial charge in [0.25, 0.3) is 5.91 Å².